The number of amides is 1. The van der Waals surface area contributed by atoms with Crippen LogP contribution in [0.1, 0.15) is 42.5 Å². The van der Waals surface area contributed by atoms with Crippen LogP contribution in [0.4, 0.5) is 5.69 Å². The lowest BCUT2D eigenvalue weighted by atomic mass is 9.92. The first kappa shape index (κ1) is 19.6. The average molecular weight is 447 g/mol. The smallest absolute Gasteiger partial charge is 0.273 e. The monoisotopic (exact) mass is 445 g/mol. The Morgan fingerprint density at radius 3 is 2.48 bits per heavy atom. The highest BCUT2D eigenvalue weighted by molar-refractivity contribution is 9.10. The quantitative estimate of drug-likeness (QED) is 0.542. The maximum absolute atomic E-state index is 12.9. The first-order chi connectivity index (χ1) is 12.7. The summed E-state index contributed by atoms with van der Waals surface area (Å²) in [7, 11) is 0. The summed E-state index contributed by atoms with van der Waals surface area (Å²) in [5, 5.41) is 8.15. The van der Waals surface area contributed by atoms with E-state index in [2.05, 4.69) is 42.0 Å². The van der Waals surface area contributed by atoms with Crippen molar-refractivity contribution in [3.63, 3.8) is 0 Å². The highest BCUT2D eigenvalue weighted by atomic mass is 79.9. The van der Waals surface area contributed by atoms with E-state index in [-0.39, 0.29) is 11.3 Å². The van der Waals surface area contributed by atoms with Gasteiger partial charge in [0.2, 0.25) is 0 Å². The van der Waals surface area contributed by atoms with E-state index in [1.54, 1.807) is 22.9 Å². The Kier molecular flexibility index (Phi) is 5.72. The molecule has 1 N–H and O–H groups in total. The fourth-order valence-electron chi connectivity index (χ4n) is 2.61. The van der Waals surface area contributed by atoms with Crippen molar-refractivity contribution in [3.8, 4) is 0 Å². The molecule has 3 rings (SSSR count). The number of nitrogens with zero attached hydrogens (tertiary/aromatic N) is 2. The number of carbonyl (C=O) groups excluding carboxylic acids is 1. The second kappa shape index (κ2) is 7.87. The van der Waals surface area contributed by atoms with Gasteiger partial charge in [-0.25, -0.2) is 0 Å². The minimum Gasteiger partial charge on any atom is -0.321 e. The van der Waals surface area contributed by atoms with Crippen LogP contribution in [0.3, 0.4) is 0 Å². The summed E-state index contributed by atoms with van der Waals surface area (Å²) in [5.41, 5.74) is 2.96. The van der Waals surface area contributed by atoms with Gasteiger partial charge in [0, 0.05) is 15.6 Å². The molecule has 1 amide bonds. The molecule has 0 bridgehead atoms. The molecule has 0 atom stereocenters. The molecule has 27 heavy (non-hydrogen) atoms. The van der Waals surface area contributed by atoms with Gasteiger partial charge in [0.25, 0.3) is 5.91 Å². The van der Waals surface area contributed by atoms with E-state index >= 15 is 0 Å². The first-order valence-corrected chi connectivity index (χ1v) is 9.80. The topological polar surface area (TPSA) is 46.9 Å². The third-order valence-corrected chi connectivity index (χ3v) is 5.37. The van der Waals surface area contributed by atoms with Crippen molar-refractivity contribution >= 4 is 39.1 Å². The van der Waals surface area contributed by atoms with E-state index < -0.39 is 0 Å². The normalized spacial score (nSPS) is 11.4. The zero-order valence-electron chi connectivity index (χ0n) is 15.5. The van der Waals surface area contributed by atoms with Gasteiger partial charge in [-0.2, -0.15) is 5.10 Å². The summed E-state index contributed by atoms with van der Waals surface area (Å²) in [6.07, 6.45) is 0. The predicted molar refractivity (Wildman–Crippen MR) is 114 cm³/mol. The number of anilines is 1. The summed E-state index contributed by atoms with van der Waals surface area (Å²) in [6, 6.07) is 17.2. The lowest BCUT2D eigenvalue weighted by Crippen LogP contribution is -2.18. The van der Waals surface area contributed by atoms with E-state index in [0.717, 1.165) is 15.7 Å². The molecule has 0 saturated heterocycles. The van der Waals surface area contributed by atoms with Crippen LogP contribution in [-0.4, -0.2) is 15.7 Å². The van der Waals surface area contributed by atoms with Gasteiger partial charge in [-0.1, -0.05) is 62.7 Å². The van der Waals surface area contributed by atoms with E-state index in [1.807, 2.05) is 36.4 Å². The molecule has 0 fully saturated rings. The Hall–Kier alpha value is -2.11. The van der Waals surface area contributed by atoms with Crippen molar-refractivity contribution in [3.05, 3.63) is 81.0 Å². The maximum atomic E-state index is 12.9. The number of carbonyl (C=O) groups is 1. The molecule has 0 radical (unpaired) electrons. The fourth-order valence-corrected chi connectivity index (χ4v) is 3.04. The molecule has 0 aliphatic carbocycles. The minimum atomic E-state index is -0.215. The Balaban J connectivity index is 1.93. The molecule has 2 aromatic carbocycles. The molecule has 0 aliphatic heterocycles. The molecule has 3 aromatic rings. The molecule has 0 spiro atoms. The zero-order valence-corrected chi connectivity index (χ0v) is 17.8. The molecule has 1 heterocycles. The number of aromatic nitrogens is 2. The predicted octanol–water partition coefficient (Wildman–Crippen LogP) is 5.90. The number of halogens is 2. The van der Waals surface area contributed by atoms with Crippen molar-refractivity contribution in [2.75, 3.05) is 5.32 Å². The van der Waals surface area contributed by atoms with Crippen molar-refractivity contribution in [2.24, 2.45) is 0 Å². The van der Waals surface area contributed by atoms with Crippen molar-refractivity contribution < 1.29 is 4.79 Å². The Morgan fingerprint density at radius 2 is 1.85 bits per heavy atom. The highest BCUT2D eigenvalue weighted by Crippen LogP contribution is 2.27. The van der Waals surface area contributed by atoms with Crippen LogP contribution in [0.15, 0.2) is 59.1 Å². The Labute approximate surface area is 172 Å². The molecular weight excluding hydrogens is 426 g/mol. The SMILES string of the molecule is CC(C)(C)c1cc(C(=O)Nc2ccc(Br)c(Cl)c2)n(Cc2ccccc2)n1. The van der Waals surface area contributed by atoms with Crippen LogP contribution in [0, 0.1) is 0 Å². The van der Waals surface area contributed by atoms with Gasteiger partial charge in [-0.15, -0.1) is 0 Å². The van der Waals surface area contributed by atoms with Gasteiger partial charge in [0.1, 0.15) is 5.69 Å². The van der Waals surface area contributed by atoms with Crippen molar-refractivity contribution in [1.82, 2.24) is 9.78 Å². The van der Waals surface area contributed by atoms with Crippen LogP contribution >= 0.6 is 27.5 Å². The standard InChI is InChI=1S/C21H21BrClN3O/c1-21(2,3)19-12-18(26(25-19)13-14-7-5-4-6-8-14)20(27)24-15-9-10-16(22)17(23)11-15/h4-12H,13H2,1-3H3,(H,24,27). The van der Waals surface area contributed by atoms with Gasteiger partial charge in [-0.3, -0.25) is 9.48 Å². The highest BCUT2D eigenvalue weighted by Gasteiger charge is 2.23. The summed E-state index contributed by atoms with van der Waals surface area (Å²) >= 11 is 9.49. The van der Waals surface area contributed by atoms with E-state index in [0.29, 0.717) is 22.9 Å². The molecule has 6 heteroatoms. The fraction of sp³-hybridized carbons (Fsp3) is 0.238. The van der Waals surface area contributed by atoms with Gasteiger partial charge in [-0.05, 0) is 45.8 Å². The number of benzene rings is 2. The molecule has 0 unspecified atom stereocenters. The second-order valence-electron chi connectivity index (χ2n) is 7.39. The first-order valence-electron chi connectivity index (χ1n) is 8.63. The molecule has 4 nitrogen and oxygen atoms in total. The summed E-state index contributed by atoms with van der Waals surface area (Å²) < 4.78 is 2.54. The van der Waals surface area contributed by atoms with Gasteiger partial charge in [0.15, 0.2) is 0 Å². The Morgan fingerprint density at radius 1 is 1.15 bits per heavy atom. The van der Waals surface area contributed by atoms with Crippen LogP contribution < -0.4 is 5.32 Å². The van der Waals surface area contributed by atoms with Crippen molar-refractivity contribution in [2.45, 2.75) is 32.7 Å². The summed E-state index contributed by atoms with van der Waals surface area (Å²) in [4.78, 5) is 12.9. The molecule has 140 valence electrons. The van der Waals surface area contributed by atoms with Crippen LogP contribution in [0.25, 0.3) is 0 Å². The molecular formula is C21H21BrClN3O. The average Bonchev–Trinajstić information content (AvgIpc) is 3.03. The third-order valence-electron chi connectivity index (χ3n) is 4.13. The number of rotatable bonds is 4. The number of hydrogen-bond donors (Lipinski definition) is 1. The largest absolute Gasteiger partial charge is 0.321 e. The second-order valence-corrected chi connectivity index (χ2v) is 8.65. The van der Waals surface area contributed by atoms with E-state index in [9.17, 15) is 4.79 Å². The van der Waals surface area contributed by atoms with Crippen LogP contribution in [-0.2, 0) is 12.0 Å². The van der Waals surface area contributed by atoms with E-state index in [1.165, 1.54) is 0 Å². The lowest BCUT2D eigenvalue weighted by Gasteiger charge is -2.14. The van der Waals surface area contributed by atoms with Crippen LogP contribution in [0.5, 0.6) is 0 Å². The minimum absolute atomic E-state index is 0.155. The maximum Gasteiger partial charge on any atom is 0.273 e. The van der Waals surface area contributed by atoms with Gasteiger partial charge >= 0.3 is 0 Å². The number of nitrogens with one attached hydrogen (secondary N) is 1. The summed E-state index contributed by atoms with van der Waals surface area (Å²) in [6.45, 7) is 6.77. The van der Waals surface area contributed by atoms with Gasteiger partial charge in [0.05, 0.1) is 17.3 Å². The zero-order chi connectivity index (χ0) is 19.6. The van der Waals surface area contributed by atoms with Gasteiger partial charge < -0.3 is 5.32 Å². The third kappa shape index (κ3) is 4.79. The lowest BCUT2D eigenvalue weighted by molar-refractivity contribution is 0.101. The number of hydrogen-bond acceptors (Lipinski definition) is 2. The van der Waals surface area contributed by atoms with Crippen molar-refractivity contribution in [1.29, 1.82) is 0 Å². The van der Waals surface area contributed by atoms with Crippen LogP contribution in [0.2, 0.25) is 5.02 Å². The summed E-state index contributed by atoms with van der Waals surface area (Å²) in [5.74, 6) is -0.215. The molecule has 0 aliphatic rings. The van der Waals surface area contributed by atoms with E-state index in [4.69, 9.17) is 16.7 Å². The molecule has 1 aromatic heterocycles. The Bertz CT molecular complexity index is 961. The molecule has 0 saturated carbocycles.